The van der Waals surface area contributed by atoms with Crippen LogP contribution in [0, 0.1) is 5.92 Å². The predicted molar refractivity (Wildman–Crippen MR) is 70.5 cm³/mol. The van der Waals surface area contributed by atoms with Gasteiger partial charge < -0.3 is 10.0 Å². The van der Waals surface area contributed by atoms with E-state index in [4.69, 9.17) is 0 Å². The Morgan fingerprint density at radius 3 is 2.47 bits per heavy atom. The molecule has 1 amide bonds. The van der Waals surface area contributed by atoms with E-state index >= 15 is 0 Å². The Kier molecular flexibility index (Phi) is 5.34. The average molecular weight is 291 g/mol. The maximum Gasteiger partial charge on any atom is 0.326 e. The van der Waals surface area contributed by atoms with E-state index in [-0.39, 0.29) is 18.1 Å². The third-order valence-electron chi connectivity index (χ3n) is 3.58. The molecule has 1 saturated heterocycles. The number of carboxylic acids is 1. The average Bonchev–Trinajstić information content (AvgIpc) is 2.34. The van der Waals surface area contributed by atoms with E-state index in [1.807, 2.05) is 6.92 Å². The molecule has 0 aliphatic carbocycles. The number of nitrogens with zero attached hydrogens (tertiary/aromatic N) is 1. The lowest BCUT2D eigenvalue weighted by molar-refractivity contribution is -0.153. The summed E-state index contributed by atoms with van der Waals surface area (Å²) in [4.78, 5) is 24.5. The molecule has 1 fully saturated rings. The Hall–Kier alpha value is -1.11. The molecule has 0 aromatic rings. The van der Waals surface area contributed by atoms with Gasteiger partial charge in [0.1, 0.15) is 15.9 Å². The second-order valence-electron chi connectivity index (χ2n) is 5.12. The van der Waals surface area contributed by atoms with Crippen LogP contribution in [-0.2, 0) is 19.4 Å². The summed E-state index contributed by atoms with van der Waals surface area (Å²) < 4.78 is 22.1. The van der Waals surface area contributed by atoms with E-state index in [1.165, 1.54) is 4.90 Å². The number of hydrogen-bond acceptors (Lipinski definition) is 4. The summed E-state index contributed by atoms with van der Waals surface area (Å²) in [5, 5.41) is 9.19. The van der Waals surface area contributed by atoms with Crippen LogP contribution >= 0.6 is 0 Å². The Labute approximate surface area is 113 Å². The topological polar surface area (TPSA) is 91.8 Å². The Morgan fingerprint density at radius 2 is 2.00 bits per heavy atom. The second-order valence-corrected chi connectivity index (χ2v) is 7.38. The largest absolute Gasteiger partial charge is 0.480 e. The summed E-state index contributed by atoms with van der Waals surface area (Å²) in [5.41, 5.74) is 0. The quantitative estimate of drug-likeness (QED) is 0.797. The van der Waals surface area contributed by atoms with Crippen molar-refractivity contribution >= 4 is 21.7 Å². The van der Waals surface area contributed by atoms with Gasteiger partial charge in [-0.2, -0.15) is 0 Å². The Balaban J connectivity index is 2.69. The molecule has 1 aliphatic heterocycles. The number of amides is 1. The number of piperidine rings is 1. The van der Waals surface area contributed by atoms with Crippen LogP contribution in [0.15, 0.2) is 0 Å². The zero-order valence-electron chi connectivity index (χ0n) is 11.3. The van der Waals surface area contributed by atoms with Gasteiger partial charge in [0, 0.05) is 19.2 Å². The van der Waals surface area contributed by atoms with E-state index in [9.17, 15) is 23.1 Å². The van der Waals surface area contributed by atoms with Gasteiger partial charge in [-0.05, 0) is 18.8 Å². The summed E-state index contributed by atoms with van der Waals surface area (Å²) in [6.07, 6.45) is 3.06. The van der Waals surface area contributed by atoms with E-state index in [0.717, 1.165) is 19.1 Å². The number of carbonyl (C=O) groups is 2. The zero-order valence-corrected chi connectivity index (χ0v) is 12.1. The van der Waals surface area contributed by atoms with Gasteiger partial charge in [0.2, 0.25) is 5.91 Å². The van der Waals surface area contributed by atoms with Crippen molar-refractivity contribution < 1.29 is 23.1 Å². The highest BCUT2D eigenvalue weighted by Crippen LogP contribution is 2.26. The highest BCUT2D eigenvalue weighted by atomic mass is 32.2. The van der Waals surface area contributed by atoms with Crippen LogP contribution in [-0.4, -0.2) is 54.9 Å². The molecule has 7 heteroatoms. The van der Waals surface area contributed by atoms with Gasteiger partial charge in [0.15, 0.2) is 0 Å². The van der Waals surface area contributed by atoms with Crippen LogP contribution in [0.25, 0.3) is 0 Å². The molecule has 19 heavy (non-hydrogen) atoms. The standard InChI is InChI=1S/C12H21NO5S/c1-3-9-4-6-13(10(8-9)12(15)16)11(14)5-7-19(2,17)18/h9-10H,3-8H2,1-2H3,(H,15,16). The van der Waals surface area contributed by atoms with Crippen LogP contribution in [0.1, 0.15) is 32.6 Å². The van der Waals surface area contributed by atoms with Gasteiger partial charge in [-0.25, -0.2) is 13.2 Å². The van der Waals surface area contributed by atoms with Crippen LogP contribution in [0.5, 0.6) is 0 Å². The third kappa shape index (κ3) is 4.81. The number of sulfone groups is 1. The first-order valence-electron chi connectivity index (χ1n) is 6.44. The van der Waals surface area contributed by atoms with E-state index in [1.54, 1.807) is 0 Å². The summed E-state index contributed by atoms with van der Waals surface area (Å²) in [7, 11) is -3.21. The molecule has 110 valence electrons. The fourth-order valence-corrected chi connectivity index (χ4v) is 2.90. The van der Waals surface area contributed by atoms with Crippen molar-refractivity contribution in [1.82, 2.24) is 4.90 Å². The zero-order chi connectivity index (χ0) is 14.6. The van der Waals surface area contributed by atoms with Crippen molar-refractivity contribution in [3.05, 3.63) is 0 Å². The lowest BCUT2D eigenvalue weighted by Gasteiger charge is -2.37. The van der Waals surface area contributed by atoms with Gasteiger partial charge in [-0.3, -0.25) is 4.79 Å². The van der Waals surface area contributed by atoms with E-state index in [0.29, 0.717) is 18.9 Å². The number of aliphatic carboxylic acids is 1. The lowest BCUT2D eigenvalue weighted by Crippen LogP contribution is -2.50. The van der Waals surface area contributed by atoms with Crippen molar-refractivity contribution in [1.29, 1.82) is 0 Å². The molecule has 0 spiro atoms. The first-order valence-corrected chi connectivity index (χ1v) is 8.50. The molecule has 2 atom stereocenters. The fourth-order valence-electron chi connectivity index (χ4n) is 2.36. The maximum absolute atomic E-state index is 12.0. The van der Waals surface area contributed by atoms with E-state index < -0.39 is 21.8 Å². The summed E-state index contributed by atoms with van der Waals surface area (Å²) >= 11 is 0. The Morgan fingerprint density at radius 1 is 1.37 bits per heavy atom. The van der Waals surface area contributed by atoms with Gasteiger partial charge in [0.25, 0.3) is 0 Å². The minimum absolute atomic E-state index is 0.139. The van der Waals surface area contributed by atoms with Gasteiger partial charge in [0.05, 0.1) is 5.75 Å². The van der Waals surface area contributed by atoms with Gasteiger partial charge in [-0.15, -0.1) is 0 Å². The maximum atomic E-state index is 12.0. The minimum atomic E-state index is -3.21. The third-order valence-corrected chi connectivity index (χ3v) is 4.53. The lowest BCUT2D eigenvalue weighted by atomic mass is 9.88. The van der Waals surface area contributed by atoms with Gasteiger partial charge in [-0.1, -0.05) is 13.3 Å². The molecular formula is C12H21NO5S. The number of carboxylic acid groups (broad SMARTS) is 1. The molecule has 0 saturated carbocycles. The van der Waals surface area contributed by atoms with Crippen LogP contribution < -0.4 is 0 Å². The molecule has 0 aromatic heterocycles. The number of hydrogen-bond donors (Lipinski definition) is 1. The molecule has 1 heterocycles. The summed E-state index contributed by atoms with van der Waals surface area (Å²) in [5.74, 6) is -1.30. The monoisotopic (exact) mass is 291 g/mol. The number of carbonyl (C=O) groups excluding carboxylic acids is 1. The molecule has 2 unspecified atom stereocenters. The second kappa shape index (κ2) is 6.36. The van der Waals surface area contributed by atoms with Crippen LogP contribution in [0.3, 0.4) is 0 Å². The first kappa shape index (κ1) is 15.9. The SMILES string of the molecule is CCC1CCN(C(=O)CCS(C)(=O)=O)C(C(=O)O)C1. The first-order chi connectivity index (χ1) is 8.74. The van der Waals surface area contributed by atoms with Crippen LogP contribution in [0.4, 0.5) is 0 Å². The molecule has 1 N–H and O–H groups in total. The van der Waals surface area contributed by atoms with Crippen LogP contribution in [0.2, 0.25) is 0 Å². The summed E-state index contributed by atoms with van der Waals surface area (Å²) in [6, 6.07) is -0.814. The Bertz CT molecular complexity index is 445. The minimum Gasteiger partial charge on any atom is -0.480 e. The molecule has 0 radical (unpaired) electrons. The molecular weight excluding hydrogens is 270 g/mol. The summed E-state index contributed by atoms with van der Waals surface area (Å²) in [6.45, 7) is 2.41. The molecule has 1 aliphatic rings. The molecule has 0 aromatic carbocycles. The number of rotatable bonds is 5. The molecule has 1 rings (SSSR count). The van der Waals surface area contributed by atoms with Crippen molar-refractivity contribution in [2.45, 2.75) is 38.6 Å². The highest BCUT2D eigenvalue weighted by Gasteiger charge is 2.35. The van der Waals surface area contributed by atoms with E-state index in [2.05, 4.69) is 0 Å². The highest BCUT2D eigenvalue weighted by molar-refractivity contribution is 7.90. The normalized spacial score (nSPS) is 24.2. The van der Waals surface area contributed by atoms with Crippen molar-refractivity contribution in [3.8, 4) is 0 Å². The fraction of sp³-hybridized carbons (Fsp3) is 0.833. The molecule has 6 nitrogen and oxygen atoms in total. The predicted octanol–water partition coefficient (Wildman–Crippen LogP) is 0.523. The smallest absolute Gasteiger partial charge is 0.326 e. The number of likely N-dealkylation sites (tertiary alicyclic amines) is 1. The van der Waals surface area contributed by atoms with Crippen molar-refractivity contribution in [3.63, 3.8) is 0 Å². The van der Waals surface area contributed by atoms with Crippen molar-refractivity contribution in [2.24, 2.45) is 5.92 Å². The molecule has 0 bridgehead atoms. The van der Waals surface area contributed by atoms with Gasteiger partial charge >= 0.3 is 5.97 Å². The van der Waals surface area contributed by atoms with Crippen molar-refractivity contribution in [2.75, 3.05) is 18.6 Å².